The molecule has 7 nitrogen and oxygen atoms in total. The summed E-state index contributed by atoms with van der Waals surface area (Å²) in [5.74, 6) is -0.591. The van der Waals surface area contributed by atoms with Crippen molar-refractivity contribution in [3.8, 4) is 0 Å². The molecule has 2 heterocycles. The molecule has 4 rings (SSSR count). The second-order valence-corrected chi connectivity index (χ2v) is 8.93. The molecule has 30 heavy (non-hydrogen) atoms. The highest BCUT2D eigenvalue weighted by molar-refractivity contribution is 7.99. The van der Waals surface area contributed by atoms with Crippen LogP contribution >= 0.6 is 23.1 Å². The lowest BCUT2D eigenvalue weighted by Crippen LogP contribution is -2.17. The summed E-state index contributed by atoms with van der Waals surface area (Å²) in [6, 6.07) is 7.06. The van der Waals surface area contributed by atoms with Crippen LogP contribution in [0.5, 0.6) is 0 Å². The van der Waals surface area contributed by atoms with Gasteiger partial charge in [-0.05, 0) is 50.3 Å². The van der Waals surface area contributed by atoms with Crippen molar-refractivity contribution in [2.45, 2.75) is 37.8 Å². The Balaban J connectivity index is 1.50. The van der Waals surface area contributed by atoms with Crippen molar-refractivity contribution in [1.82, 2.24) is 9.97 Å². The molecule has 0 radical (unpaired) electrons. The van der Waals surface area contributed by atoms with E-state index in [1.165, 1.54) is 11.3 Å². The van der Waals surface area contributed by atoms with Crippen LogP contribution in [-0.2, 0) is 22.4 Å². The van der Waals surface area contributed by atoms with E-state index >= 15 is 0 Å². The second kappa shape index (κ2) is 9.01. The van der Waals surface area contributed by atoms with Crippen LogP contribution in [0.3, 0.4) is 0 Å². The van der Waals surface area contributed by atoms with Crippen molar-refractivity contribution in [2.75, 3.05) is 17.7 Å². The van der Waals surface area contributed by atoms with Crippen molar-refractivity contribution in [2.24, 2.45) is 0 Å². The number of fused-ring (bicyclic) bond motifs is 2. The topological polar surface area (TPSA) is 101 Å². The van der Waals surface area contributed by atoms with Gasteiger partial charge in [0.2, 0.25) is 5.91 Å². The van der Waals surface area contributed by atoms with Crippen molar-refractivity contribution < 1.29 is 14.3 Å². The Morgan fingerprint density at radius 2 is 2.07 bits per heavy atom. The lowest BCUT2D eigenvalue weighted by Gasteiger charge is -2.12. The Morgan fingerprint density at radius 3 is 2.90 bits per heavy atom. The third-order valence-corrected chi connectivity index (χ3v) is 6.92. The van der Waals surface area contributed by atoms with E-state index in [1.54, 1.807) is 25.1 Å². The van der Waals surface area contributed by atoms with Gasteiger partial charge in [-0.1, -0.05) is 23.9 Å². The first kappa shape index (κ1) is 20.6. The fourth-order valence-corrected chi connectivity index (χ4v) is 5.46. The van der Waals surface area contributed by atoms with Crippen LogP contribution in [-0.4, -0.2) is 34.2 Å². The number of hydrogen-bond acceptors (Lipinski definition) is 7. The van der Waals surface area contributed by atoms with Crippen LogP contribution in [0.1, 0.15) is 40.6 Å². The van der Waals surface area contributed by atoms with Crippen LogP contribution in [0.15, 0.2) is 34.2 Å². The van der Waals surface area contributed by atoms with E-state index in [0.717, 1.165) is 47.9 Å². The smallest absolute Gasteiger partial charge is 0.341 e. The number of benzene rings is 1. The zero-order valence-electron chi connectivity index (χ0n) is 16.4. The zero-order chi connectivity index (χ0) is 21.1. The molecule has 0 saturated heterocycles. The van der Waals surface area contributed by atoms with E-state index in [9.17, 15) is 14.4 Å². The minimum absolute atomic E-state index is 0.0616. The molecule has 156 valence electrons. The van der Waals surface area contributed by atoms with E-state index in [2.05, 4.69) is 15.3 Å². The maximum atomic E-state index is 12.6. The maximum absolute atomic E-state index is 12.6. The van der Waals surface area contributed by atoms with Crippen LogP contribution in [0, 0.1) is 0 Å². The quantitative estimate of drug-likeness (QED) is 0.342. The normalized spacial score (nSPS) is 13.1. The number of carbonyl (C=O) groups is 2. The average Bonchev–Trinajstić information content (AvgIpc) is 3.10. The van der Waals surface area contributed by atoms with Gasteiger partial charge in [0.1, 0.15) is 5.00 Å². The van der Waals surface area contributed by atoms with Gasteiger partial charge in [-0.15, -0.1) is 11.3 Å². The fourth-order valence-electron chi connectivity index (χ4n) is 3.50. The Kier molecular flexibility index (Phi) is 6.19. The van der Waals surface area contributed by atoms with Gasteiger partial charge in [0, 0.05) is 4.88 Å². The maximum Gasteiger partial charge on any atom is 0.341 e. The number of thiophene rings is 1. The first-order chi connectivity index (χ1) is 14.6. The summed E-state index contributed by atoms with van der Waals surface area (Å²) in [4.78, 5) is 45.5. The van der Waals surface area contributed by atoms with E-state index in [4.69, 9.17) is 4.74 Å². The van der Waals surface area contributed by atoms with E-state index in [0.29, 0.717) is 26.6 Å². The van der Waals surface area contributed by atoms with Crippen LogP contribution < -0.4 is 10.9 Å². The number of H-pyrrole nitrogens is 1. The number of nitrogens with zero attached hydrogens (tertiary/aromatic N) is 1. The molecule has 0 bridgehead atoms. The standard InChI is InChI=1S/C21H21N3O4S2/c1-2-28-20(27)17-13-8-4-6-10-15(13)30-19(17)23-16(25)11-29-21-22-14-9-5-3-7-12(14)18(26)24-21/h3,5,7,9H,2,4,6,8,10-11H2,1H3,(H,23,25)(H,22,24,26). The third kappa shape index (κ3) is 4.27. The van der Waals surface area contributed by atoms with E-state index in [-0.39, 0.29) is 29.8 Å². The molecule has 0 saturated carbocycles. The SMILES string of the molecule is CCOC(=O)c1c(NC(=O)CSc2nc3ccccc3c(=O)[nH]2)sc2c1CCCC2. The number of amides is 1. The summed E-state index contributed by atoms with van der Waals surface area (Å²) in [6.07, 6.45) is 3.85. The van der Waals surface area contributed by atoms with Gasteiger partial charge >= 0.3 is 5.97 Å². The van der Waals surface area contributed by atoms with Crippen LogP contribution in [0.4, 0.5) is 5.00 Å². The number of para-hydroxylation sites is 1. The molecule has 1 aliphatic rings. The first-order valence-electron chi connectivity index (χ1n) is 9.80. The number of hydrogen-bond donors (Lipinski definition) is 2. The number of ether oxygens (including phenoxy) is 1. The Morgan fingerprint density at radius 1 is 1.27 bits per heavy atom. The van der Waals surface area contributed by atoms with Gasteiger partial charge in [-0.3, -0.25) is 9.59 Å². The Labute approximate surface area is 181 Å². The molecule has 9 heteroatoms. The van der Waals surface area contributed by atoms with Gasteiger partial charge in [0.25, 0.3) is 5.56 Å². The lowest BCUT2D eigenvalue weighted by molar-refractivity contribution is -0.113. The number of anilines is 1. The molecule has 3 aromatic rings. The summed E-state index contributed by atoms with van der Waals surface area (Å²) in [7, 11) is 0. The van der Waals surface area contributed by atoms with Gasteiger partial charge in [0.05, 0.1) is 28.8 Å². The number of thioether (sulfide) groups is 1. The number of esters is 1. The predicted molar refractivity (Wildman–Crippen MR) is 119 cm³/mol. The fraction of sp³-hybridized carbons (Fsp3) is 0.333. The Hall–Kier alpha value is -2.65. The molecule has 2 aromatic heterocycles. The van der Waals surface area contributed by atoms with Gasteiger partial charge in [0.15, 0.2) is 5.16 Å². The zero-order valence-corrected chi connectivity index (χ0v) is 18.1. The van der Waals surface area contributed by atoms with Gasteiger partial charge in [-0.2, -0.15) is 0 Å². The summed E-state index contributed by atoms with van der Waals surface area (Å²) in [5.41, 5.74) is 1.85. The number of aromatic amines is 1. The van der Waals surface area contributed by atoms with E-state index < -0.39 is 0 Å². The molecule has 1 amide bonds. The number of rotatable bonds is 6. The molecular formula is C21H21N3O4S2. The molecule has 0 unspecified atom stereocenters. The molecular weight excluding hydrogens is 422 g/mol. The molecule has 1 aliphatic carbocycles. The summed E-state index contributed by atoms with van der Waals surface area (Å²) in [5, 5.41) is 4.30. The van der Waals surface area contributed by atoms with Gasteiger partial charge in [-0.25, -0.2) is 9.78 Å². The largest absolute Gasteiger partial charge is 0.462 e. The number of nitrogens with one attached hydrogen (secondary N) is 2. The van der Waals surface area contributed by atoms with Crippen molar-refractivity contribution in [3.63, 3.8) is 0 Å². The molecule has 0 spiro atoms. The van der Waals surface area contributed by atoms with E-state index in [1.807, 2.05) is 6.07 Å². The first-order valence-corrected chi connectivity index (χ1v) is 11.6. The molecule has 0 aliphatic heterocycles. The monoisotopic (exact) mass is 443 g/mol. The number of aryl methyl sites for hydroxylation is 1. The average molecular weight is 444 g/mol. The minimum atomic E-state index is -0.389. The second-order valence-electron chi connectivity index (χ2n) is 6.86. The minimum Gasteiger partial charge on any atom is -0.462 e. The highest BCUT2D eigenvalue weighted by Gasteiger charge is 2.27. The highest BCUT2D eigenvalue weighted by atomic mass is 32.2. The summed E-state index contributed by atoms with van der Waals surface area (Å²) in [6.45, 7) is 2.05. The van der Waals surface area contributed by atoms with Crippen LogP contribution in [0.25, 0.3) is 10.9 Å². The van der Waals surface area contributed by atoms with Crippen LogP contribution in [0.2, 0.25) is 0 Å². The number of aromatic nitrogens is 2. The lowest BCUT2D eigenvalue weighted by atomic mass is 9.95. The third-order valence-electron chi connectivity index (χ3n) is 4.83. The van der Waals surface area contributed by atoms with Gasteiger partial charge < -0.3 is 15.0 Å². The van der Waals surface area contributed by atoms with Crippen molar-refractivity contribution >= 4 is 50.9 Å². The molecule has 0 fully saturated rings. The van der Waals surface area contributed by atoms with Crippen molar-refractivity contribution in [3.05, 3.63) is 50.6 Å². The Bertz CT molecular complexity index is 1170. The summed E-state index contributed by atoms with van der Waals surface area (Å²) < 4.78 is 5.22. The molecule has 1 aromatic carbocycles. The van der Waals surface area contributed by atoms with Crippen molar-refractivity contribution in [1.29, 1.82) is 0 Å². The predicted octanol–water partition coefficient (Wildman–Crippen LogP) is 3.77. The summed E-state index contributed by atoms with van der Waals surface area (Å²) >= 11 is 2.60. The molecule has 2 N–H and O–H groups in total. The number of carbonyl (C=O) groups excluding carboxylic acids is 2. The highest BCUT2D eigenvalue weighted by Crippen LogP contribution is 2.38. The molecule has 0 atom stereocenters.